The van der Waals surface area contributed by atoms with Gasteiger partial charge in [0.15, 0.2) is 0 Å². The van der Waals surface area contributed by atoms with Crippen LogP contribution >= 0.6 is 0 Å². The molecule has 1 aliphatic rings. The molecule has 108 valence electrons. The van der Waals surface area contributed by atoms with E-state index in [1.165, 1.54) is 11.1 Å². The second-order valence-electron chi connectivity index (χ2n) is 6.59. The fourth-order valence-corrected chi connectivity index (χ4v) is 2.59. The van der Waals surface area contributed by atoms with Crippen LogP contribution in [0.4, 0.5) is 5.69 Å². The van der Waals surface area contributed by atoms with Gasteiger partial charge in [-0.25, -0.2) is 0 Å². The number of amides is 1. The monoisotopic (exact) mass is 281 g/mol. The van der Waals surface area contributed by atoms with Gasteiger partial charge in [-0.3, -0.25) is 4.79 Å². The Kier molecular flexibility index (Phi) is 3.01. The van der Waals surface area contributed by atoms with Crippen LogP contribution in [0.1, 0.15) is 31.9 Å². The second kappa shape index (κ2) is 4.62. The van der Waals surface area contributed by atoms with E-state index in [0.29, 0.717) is 5.75 Å². The highest BCUT2D eigenvalue weighted by Crippen LogP contribution is 2.39. The zero-order chi connectivity index (χ0) is 15.2. The highest BCUT2D eigenvalue weighted by Gasteiger charge is 2.23. The molecule has 0 saturated carbocycles. The Bertz CT molecular complexity index is 726. The highest BCUT2D eigenvalue weighted by atomic mass is 16.3. The number of phenolic OH excluding ortho intramolecular Hbond substituents is 1. The van der Waals surface area contributed by atoms with E-state index in [-0.39, 0.29) is 5.91 Å². The lowest BCUT2D eigenvalue weighted by Crippen LogP contribution is -2.27. The van der Waals surface area contributed by atoms with Crippen LogP contribution in [-0.4, -0.2) is 11.0 Å². The van der Waals surface area contributed by atoms with Gasteiger partial charge in [0.2, 0.25) is 5.91 Å². The van der Waals surface area contributed by atoms with Gasteiger partial charge in [0.05, 0.1) is 0 Å². The SMILES string of the molecule is CC(C)(C)C(=O)Nc1ccc2c(c1)Cc1cc(O)ccc1-2. The first-order chi connectivity index (χ1) is 9.84. The number of anilines is 1. The van der Waals surface area contributed by atoms with Crippen LogP contribution in [0.3, 0.4) is 0 Å². The predicted octanol–water partition coefficient (Wildman–Crippen LogP) is 3.95. The number of hydrogen-bond donors (Lipinski definition) is 2. The summed E-state index contributed by atoms with van der Waals surface area (Å²) in [6.07, 6.45) is 0.790. The fraction of sp³-hybridized carbons (Fsp3) is 0.278. The van der Waals surface area contributed by atoms with Crippen LogP contribution in [-0.2, 0) is 11.2 Å². The number of phenols is 1. The van der Waals surface area contributed by atoms with E-state index < -0.39 is 5.41 Å². The maximum Gasteiger partial charge on any atom is 0.229 e. The Morgan fingerprint density at radius 1 is 1.05 bits per heavy atom. The molecule has 2 N–H and O–H groups in total. The molecule has 0 spiro atoms. The Morgan fingerprint density at radius 3 is 2.33 bits per heavy atom. The molecule has 0 aliphatic heterocycles. The van der Waals surface area contributed by atoms with E-state index >= 15 is 0 Å². The molecule has 0 heterocycles. The lowest BCUT2D eigenvalue weighted by Gasteiger charge is -2.18. The van der Waals surface area contributed by atoms with Crippen LogP contribution in [0.25, 0.3) is 11.1 Å². The summed E-state index contributed by atoms with van der Waals surface area (Å²) in [4.78, 5) is 12.1. The molecule has 1 amide bonds. The molecule has 3 heteroatoms. The number of benzene rings is 2. The molecule has 3 nitrogen and oxygen atoms in total. The molecule has 0 radical (unpaired) electrons. The summed E-state index contributed by atoms with van der Waals surface area (Å²) >= 11 is 0. The Morgan fingerprint density at radius 2 is 1.67 bits per heavy atom. The zero-order valence-corrected chi connectivity index (χ0v) is 12.5. The van der Waals surface area contributed by atoms with Crippen molar-refractivity contribution in [2.45, 2.75) is 27.2 Å². The Hall–Kier alpha value is -2.29. The minimum atomic E-state index is -0.409. The van der Waals surface area contributed by atoms with Crippen molar-refractivity contribution in [2.24, 2.45) is 5.41 Å². The van der Waals surface area contributed by atoms with Crippen molar-refractivity contribution in [3.63, 3.8) is 0 Å². The van der Waals surface area contributed by atoms with Gasteiger partial charge in [-0.2, -0.15) is 0 Å². The van der Waals surface area contributed by atoms with E-state index in [9.17, 15) is 9.90 Å². The third-order valence-electron chi connectivity index (χ3n) is 3.80. The standard InChI is InChI=1S/C18H19NO2/c1-18(2,3)17(21)19-13-4-6-15-11(9-13)8-12-10-14(20)5-7-16(12)15/h4-7,9-10,20H,8H2,1-3H3,(H,19,21). The Labute approximate surface area is 124 Å². The highest BCUT2D eigenvalue weighted by molar-refractivity contribution is 5.95. The molecule has 0 unspecified atom stereocenters. The van der Waals surface area contributed by atoms with Crippen molar-refractivity contribution in [2.75, 3.05) is 5.32 Å². The van der Waals surface area contributed by atoms with Crippen molar-refractivity contribution in [1.29, 1.82) is 0 Å². The third-order valence-corrected chi connectivity index (χ3v) is 3.80. The van der Waals surface area contributed by atoms with Gasteiger partial charge in [-0.05, 0) is 52.9 Å². The number of carbonyl (C=O) groups excluding carboxylic acids is 1. The molecule has 0 saturated heterocycles. The van der Waals surface area contributed by atoms with Crippen LogP contribution in [0.2, 0.25) is 0 Å². The Balaban J connectivity index is 1.90. The molecule has 0 fully saturated rings. The topological polar surface area (TPSA) is 49.3 Å². The summed E-state index contributed by atoms with van der Waals surface area (Å²) in [6.45, 7) is 5.69. The number of rotatable bonds is 1. The van der Waals surface area contributed by atoms with Crippen LogP contribution in [0.5, 0.6) is 5.75 Å². The molecule has 0 atom stereocenters. The lowest BCUT2D eigenvalue weighted by molar-refractivity contribution is -0.123. The third kappa shape index (κ3) is 2.51. The van der Waals surface area contributed by atoms with Crippen LogP contribution < -0.4 is 5.32 Å². The van der Waals surface area contributed by atoms with Crippen molar-refractivity contribution in [3.8, 4) is 16.9 Å². The van der Waals surface area contributed by atoms with E-state index in [4.69, 9.17) is 0 Å². The van der Waals surface area contributed by atoms with Gasteiger partial charge < -0.3 is 10.4 Å². The average molecular weight is 281 g/mol. The normalized spacial score (nSPS) is 12.7. The fourth-order valence-electron chi connectivity index (χ4n) is 2.59. The summed E-state index contributed by atoms with van der Waals surface area (Å²) < 4.78 is 0. The van der Waals surface area contributed by atoms with E-state index in [1.54, 1.807) is 6.07 Å². The van der Waals surface area contributed by atoms with Crippen LogP contribution in [0, 0.1) is 5.41 Å². The molecule has 0 bridgehead atoms. The molecule has 21 heavy (non-hydrogen) atoms. The van der Waals surface area contributed by atoms with Gasteiger partial charge in [-0.15, -0.1) is 0 Å². The van der Waals surface area contributed by atoms with Crippen molar-refractivity contribution >= 4 is 11.6 Å². The van der Waals surface area contributed by atoms with Gasteiger partial charge in [-0.1, -0.05) is 32.9 Å². The average Bonchev–Trinajstić information content (AvgIpc) is 2.73. The summed E-state index contributed by atoms with van der Waals surface area (Å²) in [6, 6.07) is 11.5. The summed E-state index contributed by atoms with van der Waals surface area (Å²) in [5, 5.41) is 12.5. The van der Waals surface area contributed by atoms with Crippen molar-refractivity contribution in [1.82, 2.24) is 0 Å². The summed E-state index contributed by atoms with van der Waals surface area (Å²) in [5.74, 6) is 0.304. The minimum absolute atomic E-state index is 0.00982. The smallest absolute Gasteiger partial charge is 0.229 e. The molecule has 2 aromatic rings. The number of nitrogens with one attached hydrogen (secondary N) is 1. The molecular weight excluding hydrogens is 262 g/mol. The first kappa shape index (κ1) is 13.7. The number of aromatic hydroxyl groups is 1. The molecule has 3 rings (SSSR count). The van der Waals surface area contributed by atoms with E-state index in [2.05, 4.69) is 5.32 Å². The first-order valence-electron chi connectivity index (χ1n) is 7.11. The molecule has 1 aliphatic carbocycles. The maximum absolute atomic E-state index is 12.1. The van der Waals surface area contributed by atoms with E-state index in [1.807, 2.05) is 51.1 Å². The van der Waals surface area contributed by atoms with Crippen molar-refractivity contribution < 1.29 is 9.90 Å². The number of carbonyl (C=O) groups is 1. The van der Waals surface area contributed by atoms with Crippen LogP contribution in [0.15, 0.2) is 36.4 Å². The second-order valence-corrected chi connectivity index (χ2v) is 6.59. The largest absolute Gasteiger partial charge is 0.508 e. The van der Waals surface area contributed by atoms with Gasteiger partial charge in [0.25, 0.3) is 0 Å². The molecule has 2 aromatic carbocycles. The summed E-state index contributed by atoms with van der Waals surface area (Å²) in [7, 11) is 0. The molecular formula is C18H19NO2. The van der Waals surface area contributed by atoms with E-state index in [0.717, 1.165) is 23.2 Å². The minimum Gasteiger partial charge on any atom is -0.508 e. The first-order valence-corrected chi connectivity index (χ1v) is 7.11. The van der Waals surface area contributed by atoms with Crippen molar-refractivity contribution in [3.05, 3.63) is 47.5 Å². The number of hydrogen-bond acceptors (Lipinski definition) is 2. The summed E-state index contributed by atoms with van der Waals surface area (Å²) in [5.41, 5.74) is 5.07. The zero-order valence-electron chi connectivity index (χ0n) is 12.5. The van der Waals surface area contributed by atoms with Gasteiger partial charge >= 0.3 is 0 Å². The quantitative estimate of drug-likeness (QED) is 0.709. The van der Waals surface area contributed by atoms with Gasteiger partial charge in [0.1, 0.15) is 5.75 Å². The van der Waals surface area contributed by atoms with Gasteiger partial charge in [0, 0.05) is 11.1 Å². The lowest BCUT2D eigenvalue weighted by atomic mass is 9.95. The molecule has 0 aromatic heterocycles. The maximum atomic E-state index is 12.1. The predicted molar refractivity (Wildman–Crippen MR) is 84.4 cm³/mol. The number of fused-ring (bicyclic) bond motifs is 3.